The molecule has 142 valence electrons. The van der Waals surface area contributed by atoms with Crippen molar-refractivity contribution in [1.29, 1.82) is 0 Å². The van der Waals surface area contributed by atoms with Crippen molar-refractivity contribution in [1.82, 2.24) is 20.1 Å². The summed E-state index contributed by atoms with van der Waals surface area (Å²) >= 11 is 0. The van der Waals surface area contributed by atoms with Crippen LogP contribution in [0.3, 0.4) is 0 Å². The lowest BCUT2D eigenvalue weighted by atomic mass is 10.1. The number of aryl methyl sites for hydroxylation is 1. The molecular weight excluding hydrogens is 344 g/mol. The van der Waals surface area contributed by atoms with Crippen LogP contribution in [0.25, 0.3) is 0 Å². The van der Waals surface area contributed by atoms with Crippen molar-refractivity contribution in [3.05, 3.63) is 53.7 Å². The van der Waals surface area contributed by atoms with Gasteiger partial charge in [-0.25, -0.2) is 4.79 Å². The average molecular weight is 368 g/mol. The highest BCUT2D eigenvalue weighted by Gasteiger charge is 2.36. The monoisotopic (exact) mass is 368 g/mol. The molecule has 0 spiro atoms. The Morgan fingerprint density at radius 3 is 2.48 bits per heavy atom. The number of nitrogens with zero attached hydrogens (tertiary/aromatic N) is 3. The zero-order chi connectivity index (χ0) is 18.8. The molecule has 1 aliphatic carbocycles. The molecule has 0 unspecified atom stereocenters. The fraction of sp³-hybridized carbons (Fsp3) is 0.450. The minimum absolute atomic E-state index is 0.0415. The lowest BCUT2D eigenvalue weighted by molar-refractivity contribution is 0.0632. The minimum atomic E-state index is -0.125. The molecule has 0 aromatic carbocycles. The van der Waals surface area contributed by atoms with Crippen molar-refractivity contribution in [2.75, 3.05) is 26.2 Å². The van der Waals surface area contributed by atoms with Gasteiger partial charge >= 0.3 is 6.03 Å². The van der Waals surface area contributed by atoms with E-state index in [1.165, 1.54) is 6.26 Å². The number of carbonyl (C=O) groups is 2. The Morgan fingerprint density at radius 2 is 1.85 bits per heavy atom. The highest BCUT2D eigenvalue weighted by atomic mass is 16.3. The summed E-state index contributed by atoms with van der Waals surface area (Å²) in [5.41, 5.74) is 1.88. The first-order chi connectivity index (χ1) is 13.1. The number of pyridine rings is 1. The number of piperazine rings is 1. The van der Waals surface area contributed by atoms with Gasteiger partial charge in [-0.1, -0.05) is 6.07 Å². The smallest absolute Gasteiger partial charge is 0.318 e. The summed E-state index contributed by atoms with van der Waals surface area (Å²) in [6.45, 7) is 3.99. The third-order valence-corrected chi connectivity index (χ3v) is 5.19. The fourth-order valence-corrected chi connectivity index (χ4v) is 3.49. The van der Waals surface area contributed by atoms with Crippen LogP contribution in [0.2, 0.25) is 0 Å². The van der Waals surface area contributed by atoms with Gasteiger partial charge in [0, 0.05) is 31.9 Å². The summed E-state index contributed by atoms with van der Waals surface area (Å²) in [5.74, 6) is 0.678. The molecule has 1 N–H and O–H groups in total. The fourth-order valence-electron chi connectivity index (χ4n) is 3.49. The Kier molecular flexibility index (Phi) is 4.83. The normalized spacial score (nSPS) is 18.3. The standard InChI is InChI=1S/C20H24N4O3/c1-14-4-2-5-16(21-14)18(15-7-8-15)22-20(26)24-11-9-23(10-12-24)19(25)17-6-3-13-27-17/h2-6,13,15,18H,7-12H2,1H3,(H,22,26)/t18-/m1/s1. The third-order valence-electron chi connectivity index (χ3n) is 5.19. The molecule has 2 aromatic rings. The van der Waals surface area contributed by atoms with Crippen LogP contribution in [0.5, 0.6) is 0 Å². The van der Waals surface area contributed by atoms with Crippen molar-refractivity contribution in [3.8, 4) is 0 Å². The molecule has 3 amide bonds. The molecule has 3 heterocycles. The van der Waals surface area contributed by atoms with E-state index in [0.29, 0.717) is 37.9 Å². The number of nitrogens with one attached hydrogen (secondary N) is 1. The van der Waals surface area contributed by atoms with Crippen molar-refractivity contribution in [2.24, 2.45) is 5.92 Å². The van der Waals surface area contributed by atoms with E-state index in [9.17, 15) is 9.59 Å². The first-order valence-corrected chi connectivity index (χ1v) is 9.43. The average Bonchev–Trinajstić information content (AvgIpc) is 3.38. The second-order valence-corrected chi connectivity index (χ2v) is 7.22. The van der Waals surface area contributed by atoms with E-state index < -0.39 is 0 Å². The number of hydrogen-bond acceptors (Lipinski definition) is 4. The van der Waals surface area contributed by atoms with E-state index in [0.717, 1.165) is 24.2 Å². The molecule has 1 aliphatic heterocycles. The number of hydrogen-bond donors (Lipinski definition) is 1. The predicted molar refractivity (Wildman–Crippen MR) is 99.2 cm³/mol. The van der Waals surface area contributed by atoms with Gasteiger partial charge in [0.15, 0.2) is 5.76 Å². The van der Waals surface area contributed by atoms with Gasteiger partial charge in [0.1, 0.15) is 0 Å². The van der Waals surface area contributed by atoms with Gasteiger partial charge in [0.2, 0.25) is 0 Å². The molecule has 0 radical (unpaired) electrons. The van der Waals surface area contributed by atoms with Gasteiger partial charge in [0.25, 0.3) is 5.91 Å². The van der Waals surface area contributed by atoms with Crippen LogP contribution >= 0.6 is 0 Å². The third kappa shape index (κ3) is 3.97. The van der Waals surface area contributed by atoms with Crippen molar-refractivity contribution < 1.29 is 14.0 Å². The highest BCUT2D eigenvalue weighted by Crippen LogP contribution is 2.40. The Balaban J connectivity index is 1.35. The van der Waals surface area contributed by atoms with Crippen LogP contribution in [0.15, 0.2) is 41.0 Å². The maximum absolute atomic E-state index is 12.8. The maximum Gasteiger partial charge on any atom is 0.318 e. The lowest BCUT2D eigenvalue weighted by Gasteiger charge is -2.35. The van der Waals surface area contributed by atoms with Gasteiger partial charge in [-0.3, -0.25) is 9.78 Å². The molecule has 1 atom stereocenters. The second-order valence-electron chi connectivity index (χ2n) is 7.22. The molecule has 1 saturated heterocycles. The quantitative estimate of drug-likeness (QED) is 0.900. The summed E-state index contributed by atoms with van der Waals surface area (Å²) < 4.78 is 5.18. The summed E-state index contributed by atoms with van der Waals surface area (Å²) in [7, 11) is 0. The van der Waals surface area contributed by atoms with E-state index in [1.807, 2.05) is 25.1 Å². The Labute approximate surface area is 158 Å². The predicted octanol–water partition coefficient (Wildman–Crippen LogP) is 2.60. The van der Waals surface area contributed by atoms with Crippen LogP contribution in [0.4, 0.5) is 4.79 Å². The van der Waals surface area contributed by atoms with Crippen LogP contribution in [0.1, 0.15) is 40.8 Å². The molecule has 27 heavy (non-hydrogen) atoms. The van der Waals surface area contributed by atoms with Crippen LogP contribution in [0, 0.1) is 12.8 Å². The van der Waals surface area contributed by atoms with Gasteiger partial charge in [-0.2, -0.15) is 0 Å². The number of aromatic nitrogens is 1. The van der Waals surface area contributed by atoms with Gasteiger partial charge in [0.05, 0.1) is 18.0 Å². The van der Waals surface area contributed by atoms with Gasteiger partial charge in [-0.05, 0) is 49.9 Å². The minimum Gasteiger partial charge on any atom is -0.459 e. The molecule has 2 aliphatic rings. The molecule has 4 rings (SSSR count). The largest absolute Gasteiger partial charge is 0.459 e. The lowest BCUT2D eigenvalue weighted by Crippen LogP contribution is -2.53. The topological polar surface area (TPSA) is 78.7 Å². The summed E-state index contributed by atoms with van der Waals surface area (Å²) in [6, 6.07) is 9.17. The molecule has 7 heteroatoms. The molecule has 7 nitrogen and oxygen atoms in total. The van der Waals surface area contributed by atoms with Gasteiger partial charge < -0.3 is 19.5 Å². The number of urea groups is 1. The summed E-state index contributed by atoms with van der Waals surface area (Å²) in [4.78, 5) is 33.2. The molecular formula is C20H24N4O3. The number of rotatable bonds is 4. The second kappa shape index (κ2) is 7.42. The SMILES string of the molecule is Cc1cccc([C@H](NC(=O)N2CCN(C(=O)c3ccco3)CC2)C2CC2)n1. The molecule has 1 saturated carbocycles. The zero-order valence-electron chi connectivity index (χ0n) is 15.4. The summed E-state index contributed by atoms with van der Waals surface area (Å²) in [5, 5.41) is 3.17. The van der Waals surface area contributed by atoms with E-state index in [1.54, 1.807) is 21.9 Å². The van der Waals surface area contributed by atoms with E-state index in [4.69, 9.17) is 4.42 Å². The Bertz CT molecular complexity index is 808. The van der Waals surface area contributed by atoms with Gasteiger partial charge in [-0.15, -0.1) is 0 Å². The first-order valence-electron chi connectivity index (χ1n) is 9.43. The molecule has 2 aromatic heterocycles. The Morgan fingerprint density at radius 1 is 1.11 bits per heavy atom. The number of furan rings is 1. The molecule has 2 fully saturated rings. The van der Waals surface area contributed by atoms with Crippen molar-refractivity contribution in [3.63, 3.8) is 0 Å². The highest BCUT2D eigenvalue weighted by molar-refractivity contribution is 5.91. The number of carbonyl (C=O) groups excluding carboxylic acids is 2. The van der Waals surface area contributed by atoms with Crippen molar-refractivity contribution >= 4 is 11.9 Å². The summed E-state index contributed by atoms with van der Waals surface area (Å²) in [6.07, 6.45) is 3.73. The van der Waals surface area contributed by atoms with Crippen LogP contribution in [-0.4, -0.2) is 52.9 Å². The van der Waals surface area contributed by atoms with E-state index in [2.05, 4.69) is 10.3 Å². The zero-order valence-corrected chi connectivity index (χ0v) is 15.4. The number of amides is 3. The Hall–Kier alpha value is -2.83. The maximum atomic E-state index is 12.8. The van der Waals surface area contributed by atoms with Crippen LogP contribution < -0.4 is 5.32 Å². The molecule has 0 bridgehead atoms. The van der Waals surface area contributed by atoms with Crippen LogP contribution in [-0.2, 0) is 0 Å². The first kappa shape index (κ1) is 17.6. The van der Waals surface area contributed by atoms with E-state index >= 15 is 0 Å². The van der Waals surface area contributed by atoms with E-state index in [-0.39, 0.29) is 18.0 Å². The van der Waals surface area contributed by atoms with Crippen molar-refractivity contribution in [2.45, 2.75) is 25.8 Å².